The molecule has 74 valence electrons. The van der Waals surface area contributed by atoms with Gasteiger partial charge < -0.3 is 10.3 Å². The van der Waals surface area contributed by atoms with E-state index in [0.717, 1.165) is 23.3 Å². The molecular weight excluding hydrogens is 198 g/mol. The lowest BCUT2D eigenvalue weighted by molar-refractivity contribution is 0.794. The van der Waals surface area contributed by atoms with Gasteiger partial charge in [-0.1, -0.05) is 17.7 Å². The van der Waals surface area contributed by atoms with E-state index < -0.39 is 0 Å². The summed E-state index contributed by atoms with van der Waals surface area (Å²) in [7, 11) is 1.98. The number of hydrogen-bond acceptors (Lipinski definition) is 2. The molecule has 0 aliphatic heterocycles. The number of para-hydroxylation sites is 1. The highest BCUT2D eigenvalue weighted by Crippen LogP contribution is 2.22. The van der Waals surface area contributed by atoms with Gasteiger partial charge in [-0.05, 0) is 18.7 Å². The number of halogens is 1. The molecular formula is C10H12ClN3. The summed E-state index contributed by atoms with van der Waals surface area (Å²) in [5.41, 5.74) is 7.42. The van der Waals surface area contributed by atoms with Crippen LogP contribution in [0.2, 0.25) is 5.02 Å². The Labute approximate surface area is 87.5 Å². The first-order chi connectivity index (χ1) is 6.74. The summed E-state index contributed by atoms with van der Waals surface area (Å²) in [4.78, 5) is 4.45. The summed E-state index contributed by atoms with van der Waals surface area (Å²) in [6.07, 6.45) is 0.779. The lowest BCUT2D eigenvalue weighted by atomic mass is 10.3. The first kappa shape index (κ1) is 9.49. The Balaban J connectivity index is 2.67. The highest BCUT2D eigenvalue weighted by Gasteiger charge is 2.08. The maximum Gasteiger partial charge on any atom is 0.110 e. The van der Waals surface area contributed by atoms with E-state index in [-0.39, 0.29) is 0 Å². The fourth-order valence-electron chi connectivity index (χ4n) is 1.58. The maximum absolute atomic E-state index is 6.04. The van der Waals surface area contributed by atoms with Gasteiger partial charge in [0.15, 0.2) is 0 Å². The topological polar surface area (TPSA) is 43.8 Å². The van der Waals surface area contributed by atoms with Gasteiger partial charge in [-0.15, -0.1) is 0 Å². The van der Waals surface area contributed by atoms with Gasteiger partial charge in [0.1, 0.15) is 11.3 Å². The summed E-state index contributed by atoms with van der Waals surface area (Å²) >= 11 is 6.04. The Morgan fingerprint density at radius 1 is 1.50 bits per heavy atom. The summed E-state index contributed by atoms with van der Waals surface area (Å²) in [6, 6.07) is 5.79. The van der Waals surface area contributed by atoms with Gasteiger partial charge >= 0.3 is 0 Å². The summed E-state index contributed by atoms with van der Waals surface area (Å²) in [6.45, 7) is 0.606. The van der Waals surface area contributed by atoms with Crippen molar-refractivity contribution in [3.63, 3.8) is 0 Å². The second-order valence-corrected chi connectivity index (χ2v) is 3.64. The molecule has 0 saturated heterocycles. The average Bonchev–Trinajstić information content (AvgIpc) is 2.48. The van der Waals surface area contributed by atoms with Gasteiger partial charge in [-0.3, -0.25) is 0 Å². The van der Waals surface area contributed by atoms with Crippen LogP contribution in [0.3, 0.4) is 0 Å². The Bertz CT molecular complexity index is 462. The fourth-order valence-corrected chi connectivity index (χ4v) is 1.79. The molecule has 14 heavy (non-hydrogen) atoms. The lowest BCUT2D eigenvalue weighted by Crippen LogP contribution is -2.07. The molecule has 0 amide bonds. The van der Waals surface area contributed by atoms with Crippen molar-refractivity contribution in [3.05, 3.63) is 29.0 Å². The lowest BCUT2D eigenvalue weighted by Gasteiger charge is -1.99. The molecule has 1 aromatic carbocycles. The fraction of sp³-hybridized carbons (Fsp3) is 0.300. The third-order valence-electron chi connectivity index (χ3n) is 2.32. The SMILES string of the molecule is Cn1c(CCN)nc2c(Cl)cccc21. The van der Waals surface area contributed by atoms with Crippen molar-refractivity contribution in [2.75, 3.05) is 6.54 Å². The van der Waals surface area contributed by atoms with Gasteiger partial charge in [0.05, 0.1) is 10.5 Å². The van der Waals surface area contributed by atoms with Crippen LogP contribution in [0.4, 0.5) is 0 Å². The molecule has 4 heteroatoms. The van der Waals surface area contributed by atoms with Crippen LogP contribution in [-0.2, 0) is 13.5 Å². The second-order valence-electron chi connectivity index (χ2n) is 3.23. The van der Waals surface area contributed by atoms with E-state index in [1.54, 1.807) is 0 Å². The van der Waals surface area contributed by atoms with Crippen LogP contribution in [0, 0.1) is 0 Å². The minimum atomic E-state index is 0.606. The van der Waals surface area contributed by atoms with Gasteiger partial charge in [0, 0.05) is 13.5 Å². The first-order valence-corrected chi connectivity index (χ1v) is 4.91. The number of nitrogens with two attached hydrogens (primary N) is 1. The quantitative estimate of drug-likeness (QED) is 0.819. The first-order valence-electron chi connectivity index (χ1n) is 4.54. The Kier molecular flexibility index (Phi) is 2.44. The van der Waals surface area contributed by atoms with Crippen molar-refractivity contribution in [3.8, 4) is 0 Å². The number of aromatic nitrogens is 2. The molecule has 1 heterocycles. The normalized spacial score (nSPS) is 11.1. The summed E-state index contributed by atoms with van der Waals surface area (Å²) in [5.74, 6) is 0.982. The number of benzene rings is 1. The predicted octanol–water partition coefficient (Wildman–Crippen LogP) is 1.73. The van der Waals surface area contributed by atoms with Crippen molar-refractivity contribution in [2.45, 2.75) is 6.42 Å². The number of aryl methyl sites for hydroxylation is 1. The van der Waals surface area contributed by atoms with Crippen LogP contribution in [-0.4, -0.2) is 16.1 Å². The molecule has 3 nitrogen and oxygen atoms in total. The van der Waals surface area contributed by atoms with Gasteiger partial charge in [0.25, 0.3) is 0 Å². The van der Waals surface area contributed by atoms with Crippen LogP contribution in [0.15, 0.2) is 18.2 Å². The molecule has 0 saturated carbocycles. The van der Waals surface area contributed by atoms with Crippen molar-refractivity contribution in [2.24, 2.45) is 12.8 Å². The van der Waals surface area contributed by atoms with Crippen LogP contribution in [0.25, 0.3) is 11.0 Å². The molecule has 0 radical (unpaired) electrons. The highest BCUT2D eigenvalue weighted by atomic mass is 35.5. The maximum atomic E-state index is 6.04. The molecule has 0 aliphatic carbocycles. The van der Waals surface area contributed by atoms with Crippen molar-refractivity contribution >= 4 is 22.6 Å². The van der Waals surface area contributed by atoms with Crippen LogP contribution in [0.5, 0.6) is 0 Å². The number of imidazole rings is 1. The minimum Gasteiger partial charge on any atom is -0.331 e. The zero-order valence-corrected chi connectivity index (χ0v) is 8.75. The third kappa shape index (κ3) is 1.38. The molecule has 0 aliphatic rings. The van der Waals surface area contributed by atoms with E-state index in [1.807, 2.05) is 29.8 Å². The van der Waals surface area contributed by atoms with E-state index in [4.69, 9.17) is 17.3 Å². The minimum absolute atomic E-state index is 0.606. The molecule has 0 fully saturated rings. The van der Waals surface area contributed by atoms with E-state index in [1.165, 1.54) is 0 Å². The average molecular weight is 210 g/mol. The molecule has 1 aromatic heterocycles. The summed E-state index contributed by atoms with van der Waals surface area (Å²) in [5, 5.41) is 0.696. The van der Waals surface area contributed by atoms with Crippen molar-refractivity contribution in [1.82, 2.24) is 9.55 Å². The standard InChI is InChI=1S/C10H12ClN3/c1-14-8-4-2-3-7(11)10(8)13-9(14)5-6-12/h2-4H,5-6,12H2,1H3. The number of rotatable bonds is 2. The third-order valence-corrected chi connectivity index (χ3v) is 2.63. The monoisotopic (exact) mass is 209 g/mol. The second kappa shape index (κ2) is 3.59. The predicted molar refractivity (Wildman–Crippen MR) is 58.5 cm³/mol. The Morgan fingerprint density at radius 2 is 2.29 bits per heavy atom. The highest BCUT2D eigenvalue weighted by molar-refractivity contribution is 6.34. The zero-order valence-electron chi connectivity index (χ0n) is 8.00. The Hall–Kier alpha value is -1.06. The van der Waals surface area contributed by atoms with Gasteiger partial charge in [-0.25, -0.2) is 4.98 Å². The van der Waals surface area contributed by atoms with Crippen LogP contribution >= 0.6 is 11.6 Å². The molecule has 0 atom stereocenters. The largest absolute Gasteiger partial charge is 0.331 e. The van der Waals surface area contributed by atoms with Gasteiger partial charge in [0.2, 0.25) is 0 Å². The van der Waals surface area contributed by atoms with Crippen molar-refractivity contribution < 1.29 is 0 Å². The molecule has 2 aromatic rings. The van der Waals surface area contributed by atoms with E-state index in [9.17, 15) is 0 Å². The molecule has 2 rings (SSSR count). The zero-order chi connectivity index (χ0) is 10.1. The van der Waals surface area contributed by atoms with E-state index in [0.29, 0.717) is 11.6 Å². The number of fused-ring (bicyclic) bond motifs is 1. The molecule has 0 spiro atoms. The number of nitrogens with zero attached hydrogens (tertiary/aromatic N) is 2. The van der Waals surface area contributed by atoms with Crippen molar-refractivity contribution in [1.29, 1.82) is 0 Å². The van der Waals surface area contributed by atoms with E-state index in [2.05, 4.69) is 4.98 Å². The number of hydrogen-bond donors (Lipinski definition) is 1. The summed E-state index contributed by atoms with van der Waals surface area (Å²) < 4.78 is 2.04. The van der Waals surface area contributed by atoms with Crippen LogP contribution in [0.1, 0.15) is 5.82 Å². The molecule has 0 unspecified atom stereocenters. The van der Waals surface area contributed by atoms with E-state index >= 15 is 0 Å². The molecule has 0 bridgehead atoms. The Morgan fingerprint density at radius 3 is 2.93 bits per heavy atom. The molecule has 2 N–H and O–H groups in total. The van der Waals surface area contributed by atoms with Crippen LogP contribution < -0.4 is 5.73 Å². The van der Waals surface area contributed by atoms with Gasteiger partial charge in [-0.2, -0.15) is 0 Å². The smallest absolute Gasteiger partial charge is 0.110 e.